The van der Waals surface area contributed by atoms with Crippen molar-refractivity contribution in [2.24, 2.45) is 0 Å². The van der Waals surface area contributed by atoms with E-state index in [0.717, 1.165) is 79.2 Å². The molecule has 17 rings (SSSR count). The van der Waals surface area contributed by atoms with Crippen molar-refractivity contribution in [2.45, 2.75) is 150 Å². The van der Waals surface area contributed by atoms with Gasteiger partial charge in [-0.05, 0) is 135 Å². The predicted molar refractivity (Wildman–Crippen MR) is 340 cm³/mol. The third kappa shape index (κ3) is 11.1. The minimum Gasteiger partial charge on any atom is -0.387 e. The Balaban J connectivity index is 0.000000115. The Hall–Kier alpha value is -6.20. The van der Waals surface area contributed by atoms with Crippen molar-refractivity contribution in [3.63, 3.8) is 0 Å². The largest absolute Gasteiger partial charge is 0.387 e. The van der Waals surface area contributed by atoms with Crippen LogP contribution in [0.5, 0.6) is 0 Å². The molecule has 0 aliphatic carbocycles. The van der Waals surface area contributed by atoms with Crippen LogP contribution < -0.4 is 10.6 Å². The fraction of sp³-hybridized carbons (Fsp3) is 0.446. The third-order valence-electron chi connectivity index (χ3n) is 18.3. The van der Waals surface area contributed by atoms with Crippen LogP contribution in [0.25, 0.3) is 33.1 Å². The number of hydrogen-bond acceptors (Lipinski definition) is 20. The number of rotatable bonds is 8. The number of aromatic nitrogens is 9. The summed E-state index contributed by atoms with van der Waals surface area (Å²) in [6.07, 6.45) is 4.89. The zero-order valence-electron chi connectivity index (χ0n) is 50.8. The van der Waals surface area contributed by atoms with Crippen LogP contribution in [-0.4, -0.2) is 154 Å². The van der Waals surface area contributed by atoms with Gasteiger partial charge in [0.15, 0.2) is 30.3 Å². The Morgan fingerprint density at radius 1 is 0.435 bits per heavy atom. The van der Waals surface area contributed by atoms with Gasteiger partial charge in [-0.2, -0.15) is 0 Å². The maximum Gasteiger partial charge on any atom is 0.164 e. The van der Waals surface area contributed by atoms with Gasteiger partial charge in [-0.15, -0.1) is 0 Å². The highest BCUT2D eigenvalue weighted by atomic mass is 35.5. The van der Waals surface area contributed by atoms with Gasteiger partial charge in [-0.3, -0.25) is 0 Å². The number of anilines is 2. The van der Waals surface area contributed by atoms with Crippen molar-refractivity contribution >= 4 is 91.1 Å². The molecule has 8 aliphatic heterocycles. The molecule has 27 heteroatoms. The molecule has 0 radical (unpaired) electrons. The zero-order valence-corrected chi connectivity index (χ0v) is 53.8. The summed E-state index contributed by atoms with van der Waals surface area (Å²) in [5.74, 6) is -0.00547. The quantitative estimate of drug-likeness (QED) is 0.103. The van der Waals surface area contributed by atoms with Gasteiger partial charge in [0.1, 0.15) is 126 Å². The summed E-state index contributed by atoms with van der Waals surface area (Å²) in [6.45, 7) is 9.41. The molecule has 92 heavy (non-hydrogen) atoms. The topological polar surface area (TPSA) is 249 Å². The average molecular weight is 1340 g/mol. The molecule has 482 valence electrons. The van der Waals surface area contributed by atoms with Crippen molar-refractivity contribution in [1.82, 2.24) is 43.6 Å². The lowest BCUT2D eigenvalue weighted by molar-refractivity contribution is -0.212. The van der Waals surface area contributed by atoms with Crippen molar-refractivity contribution < 1.29 is 57.6 Å². The lowest BCUT2D eigenvalue weighted by Gasteiger charge is -2.33. The molecule has 6 aromatic heterocycles. The minimum atomic E-state index is -1.13. The van der Waals surface area contributed by atoms with E-state index in [2.05, 4.69) is 40.5 Å². The Morgan fingerprint density at radius 3 is 1.24 bits per heavy atom. The first-order chi connectivity index (χ1) is 44.4. The highest BCUT2D eigenvalue weighted by Gasteiger charge is 2.61. The maximum absolute atomic E-state index is 10.8. The van der Waals surface area contributed by atoms with E-state index in [0.29, 0.717) is 47.1 Å². The normalized spacial score (nSPS) is 30.6. The number of nitrogens with zero attached hydrogens (tertiary/aromatic N) is 9. The van der Waals surface area contributed by atoms with E-state index < -0.39 is 54.7 Å². The molecule has 0 unspecified atom stereocenters. The zero-order chi connectivity index (χ0) is 63.5. The molecule has 0 saturated carbocycles. The van der Waals surface area contributed by atoms with Gasteiger partial charge >= 0.3 is 0 Å². The predicted octanol–water partition coefficient (Wildman–Crippen LogP) is 10.4. The molecule has 0 spiro atoms. The van der Waals surface area contributed by atoms with E-state index in [-0.39, 0.29) is 48.8 Å². The van der Waals surface area contributed by atoms with Crippen molar-refractivity contribution in [1.29, 1.82) is 0 Å². The van der Waals surface area contributed by atoms with Gasteiger partial charge in [-0.25, -0.2) is 29.9 Å². The van der Waals surface area contributed by atoms with Gasteiger partial charge in [0.2, 0.25) is 0 Å². The fourth-order valence-corrected chi connectivity index (χ4v) is 15.2. The Labute approximate surface area is 548 Å². The van der Waals surface area contributed by atoms with Crippen LogP contribution >= 0.6 is 46.4 Å². The van der Waals surface area contributed by atoms with E-state index in [9.17, 15) is 10.2 Å². The van der Waals surface area contributed by atoms with Gasteiger partial charge in [-0.1, -0.05) is 64.6 Å². The summed E-state index contributed by atoms with van der Waals surface area (Å²) in [5, 5.41) is 32.7. The highest BCUT2D eigenvalue weighted by molar-refractivity contribution is 6.34. The van der Waals surface area contributed by atoms with Crippen LogP contribution in [0.15, 0.2) is 110 Å². The van der Waals surface area contributed by atoms with E-state index in [1.54, 1.807) is 30.2 Å². The summed E-state index contributed by atoms with van der Waals surface area (Å²) < 4.78 is 68.8. The molecule has 9 aromatic rings. The summed E-state index contributed by atoms with van der Waals surface area (Å²) in [4.78, 5) is 25.9. The van der Waals surface area contributed by atoms with Gasteiger partial charge in [0, 0.05) is 47.8 Å². The lowest BCUT2D eigenvalue weighted by Crippen LogP contribution is -2.37. The third-order valence-corrected chi connectivity index (χ3v) is 19.3. The Morgan fingerprint density at radius 2 is 0.804 bits per heavy atom. The molecule has 8 aliphatic rings. The number of ether oxygens (including phenoxy) is 10. The SMILES string of the molecule is CC1(C)O[C@H]2[C@@H](O1)[C@H](n1ccc3c(Cl)ncnc31)O[C@@H]2[C@@H]1OCCc2cc(Cl)ccc21.CNc1ncnc2c1ccn2[C@@H]1O[C@H]([C@@H]2OCCc3cc(Cl)ccc32)[C@@H](O)[C@H]1O.CNc1ncnc2c1ccn2[C@@H]1O[C@H]([C@@H]2OCCc3cc(Cl)ccc32)[C@H]2OC(C)(C)O[C@H]21. The average Bonchev–Trinajstić information content (AvgIpc) is 1.60. The number of hydrogen-bond donors (Lipinski definition) is 4. The summed E-state index contributed by atoms with van der Waals surface area (Å²) in [7, 11) is 3.63. The molecule has 5 fully saturated rings. The minimum absolute atomic E-state index is 0.268. The van der Waals surface area contributed by atoms with Gasteiger partial charge < -0.3 is 81.9 Å². The number of aliphatic hydroxyl groups excluding tert-OH is 2. The van der Waals surface area contributed by atoms with Crippen molar-refractivity contribution in [2.75, 3.05) is 44.5 Å². The smallest absolute Gasteiger partial charge is 0.164 e. The molecule has 23 nitrogen and oxygen atoms in total. The van der Waals surface area contributed by atoms with E-state index in [1.165, 1.54) is 23.8 Å². The number of nitrogens with one attached hydrogen (secondary N) is 2. The number of halogens is 4. The van der Waals surface area contributed by atoms with Crippen molar-refractivity contribution in [3.8, 4) is 0 Å². The Kier molecular flexibility index (Phi) is 16.5. The first kappa shape index (κ1) is 61.9. The first-order valence-corrected chi connectivity index (χ1v) is 32.1. The molecule has 5 saturated heterocycles. The number of benzene rings is 3. The molecule has 0 amide bonds. The van der Waals surface area contributed by atoms with Crippen LogP contribution in [0.3, 0.4) is 0 Å². The summed E-state index contributed by atoms with van der Waals surface area (Å²) in [6, 6.07) is 23.2. The molecule has 14 heterocycles. The number of aliphatic hydroxyl groups is 2. The van der Waals surface area contributed by atoms with Crippen LogP contribution in [0, 0.1) is 0 Å². The van der Waals surface area contributed by atoms with Crippen LogP contribution in [0.2, 0.25) is 20.2 Å². The second-order valence-electron chi connectivity index (χ2n) is 24.7. The van der Waals surface area contributed by atoms with Crippen molar-refractivity contribution in [3.05, 3.63) is 164 Å². The number of fused-ring (bicyclic) bond motifs is 8. The Bertz CT molecular complexity index is 4250. The van der Waals surface area contributed by atoms with Gasteiger partial charge in [0.05, 0.1) is 36.0 Å². The monoisotopic (exact) mass is 1330 g/mol. The highest BCUT2D eigenvalue weighted by Crippen LogP contribution is 2.52. The second-order valence-corrected chi connectivity index (χ2v) is 26.4. The lowest BCUT2D eigenvalue weighted by atomic mass is 9.92. The maximum atomic E-state index is 10.8. The van der Waals surface area contributed by atoms with Gasteiger partial charge in [0.25, 0.3) is 0 Å². The molecule has 3 aromatic carbocycles. The van der Waals surface area contributed by atoms with Crippen LogP contribution in [0.4, 0.5) is 11.6 Å². The van der Waals surface area contributed by atoms with E-state index in [4.69, 9.17) is 93.8 Å². The summed E-state index contributed by atoms with van der Waals surface area (Å²) in [5.41, 5.74) is 8.61. The first-order valence-electron chi connectivity index (χ1n) is 30.6. The molecule has 4 N–H and O–H groups in total. The summed E-state index contributed by atoms with van der Waals surface area (Å²) >= 11 is 24.9. The molecule has 0 bridgehead atoms. The second kappa shape index (κ2) is 24.5. The van der Waals surface area contributed by atoms with Crippen LogP contribution in [0.1, 0.15) is 98.1 Å². The van der Waals surface area contributed by atoms with E-state index >= 15 is 0 Å². The van der Waals surface area contributed by atoms with E-state index in [1.807, 2.05) is 123 Å². The molecular weight excluding hydrogens is 1270 g/mol. The molecule has 15 atom stereocenters. The fourth-order valence-electron chi connectivity index (χ4n) is 14.4. The standard InChI is InChI=1S/C23H25ClN4O4.C22H21Cl2N3O4.C20H21ClN4O4/c1-23(2)31-18-17(16-14-5-4-13(24)10-12(14)7-9-29-16)30-22(19(18)32-23)28-8-6-15-20(25-3)26-11-27-21(15)28;1-22(2)30-17-16(15-13-4-3-12(23)9-11(13)6-8-28-15)29-21(18(17)31-22)27-7-5-14-19(24)25-10-26-20(14)27;1-22-18-13-4-6-25(19(13)24-9-23-18)20-15(27)14(26)17(29-20)16-12-3-2-11(21)8-10(12)5-7-28-16/h4-6,8,10-11,16-19,22H,7,9H2,1-3H3,(H,25,26,27);3-5,7,9-10,15-18,21H,6,8H2,1-2H3;2-4,6,8-9,14-17,20,26-27H,5,7H2,1H3,(H,22,23,24)/t16-,17-,18-,19-,22-;15-,16-,17-,18-,21-;14-,15+,16+,17-,20+/m110/s1. The molecular formula is C65H67Cl4N11O12. The van der Waals surface area contributed by atoms with Crippen LogP contribution in [-0.2, 0) is 66.6 Å².